The van der Waals surface area contributed by atoms with Crippen molar-refractivity contribution in [1.82, 2.24) is 9.97 Å². The van der Waals surface area contributed by atoms with E-state index >= 15 is 0 Å². The summed E-state index contributed by atoms with van der Waals surface area (Å²) in [5.74, 6) is 1.58. The molecule has 1 aromatic heterocycles. The van der Waals surface area contributed by atoms with Gasteiger partial charge in [0.2, 0.25) is 0 Å². The number of anilines is 1. The molecule has 2 aromatic rings. The highest BCUT2D eigenvalue weighted by molar-refractivity contribution is 7.99. The number of ether oxygens (including phenoxy) is 1. The first-order valence-electron chi connectivity index (χ1n) is 6.37. The van der Waals surface area contributed by atoms with Crippen molar-refractivity contribution in [3.05, 3.63) is 24.0 Å². The van der Waals surface area contributed by atoms with Gasteiger partial charge in [0.25, 0.3) is 0 Å². The molecule has 108 valence electrons. The lowest BCUT2D eigenvalue weighted by atomic mass is 10.2. The number of nitrogens with two attached hydrogens (primary N) is 1. The monoisotopic (exact) mass is 293 g/mol. The molecule has 6 heteroatoms. The fourth-order valence-electron chi connectivity index (χ4n) is 1.75. The number of nitrogens with one attached hydrogen (secondary N) is 1. The van der Waals surface area contributed by atoms with Crippen LogP contribution >= 0.6 is 11.8 Å². The van der Waals surface area contributed by atoms with Gasteiger partial charge >= 0.3 is 5.97 Å². The van der Waals surface area contributed by atoms with Crippen molar-refractivity contribution in [3.63, 3.8) is 0 Å². The molecule has 0 aliphatic heterocycles. The van der Waals surface area contributed by atoms with Crippen molar-refractivity contribution in [1.29, 1.82) is 0 Å². The summed E-state index contributed by atoms with van der Waals surface area (Å²) in [7, 11) is 0. The Hall–Kier alpha value is -1.69. The molecule has 0 atom stereocenters. The van der Waals surface area contributed by atoms with Crippen LogP contribution in [0.4, 0.5) is 5.69 Å². The SMILES string of the molecule is CC(C)(C)OC(=O)CSCc1nc2ccc(N)cc2[nH]1. The normalized spacial score (nSPS) is 11.8. The fraction of sp³-hybridized carbons (Fsp3) is 0.429. The highest BCUT2D eigenvalue weighted by atomic mass is 32.2. The second-order valence-electron chi connectivity index (χ2n) is 5.54. The number of benzene rings is 1. The van der Waals surface area contributed by atoms with E-state index in [9.17, 15) is 4.79 Å². The Morgan fingerprint density at radius 2 is 2.20 bits per heavy atom. The van der Waals surface area contributed by atoms with Gasteiger partial charge in [-0.05, 0) is 39.0 Å². The summed E-state index contributed by atoms with van der Waals surface area (Å²) in [5.41, 5.74) is 7.78. The lowest BCUT2D eigenvalue weighted by molar-refractivity contribution is -0.151. The van der Waals surface area contributed by atoms with Gasteiger partial charge in [-0.15, -0.1) is 11.8 Å². The highest BCUT2D eigenvalue weighted by Gasteiger charge is 2.16. The molecule has 0 fully saturated rings. The van der Waals surface area contributed by atoms with Gasteiger partial charge in [-0.2, -0.15) is 0 Å². The number of carbonyl (C=O) groups is 1. The van der Waals surface area contributed by atoms with Gasteiger partial charge in [0.05, 0.1) is 22.5 Å². The number of imidazole rings is 1. The maximum atomic E-state index is 11.6. The maximum absolute atomic E-state index is 11.6. The summed E-state index contributed by atoms with van der Waals surface area (Å²) in [6.45, 7) is 5.58. The van der Waals surface area contributed by atoms with Crippen LogP contribution in [-0.4, -0.2) is 27.3 Å². The second kappa shape index (κ2) is 5.75. The average molecular weight is 293 g/mol. The summed E-state index contributed by atoms with van der Waals surface area (Å²) < 4.78 is 5.24. The average Bonchev–Trinajstić information content (AvgIpc) is 2.68. The largest absolute Gasteiger partial charge is 0.459 e. The number of carbonyl (C=O) groups excluding carboxylic acids is 1. The Kier molecular flexibility index (Phi) is 4.23. The summed E-state index contributed by atoms with van der Waals surface area (Å²) >= 11 is 1.48. The van der Waals surface area contributed by atoms with Gasteiger partial charge in [-0.1, -0.05) is 0 Å². The van der Waals surface area contributed by atoms with Crippen molar-refractivity contribution in [2.45, 2.75) is 32.1 Å². The predicted molar refractivity (Wildman–Crippen MR) is 82.5 cm³/mol. The summed E-state index contributed by atoms with van der Waals surface area (Å²) in [5, 5.41) is 0. The van der Waals surface area contributed by atoms with E-state index < -0.39 is 5.60 Å². The Bertz CT molecular complexity index is 616. The molecule has 0 unspecified atom stereocenters. The van der Waals surface area contributed by atoms with Crippen LogP contribution in [0.5, 0.6) is 0 Å². The van der Waals surface area contributed by atoms with E-state index in [1.54, 1.807) is 0 Å². The molecule has 0 spiro atoms. The zero-order valence-electron chi connectivity index (χ0n) is 11.9. The molecule has 0 radical (unpaired) electrons. The van der Waals surface area contributed by atoms with Gasteiger partial charge in [0.15, 0.2) is 0 Å². The van der Waals surface area contributed by atoms with Gasteiger partial charge in [-0.25, -0.2) is 4.98 Å². The number of esters is 1. The first-order valence-corrected chi connectivity index (χ1v) is 7.53. The Morgan fingerprint density at radius 1 is 1.45 bits per heavy atom. The number of nitrogen functional groups attached to an aromatic ring is 1. The van der Waals surface area contributed by atoms with Crippen molar-refractivity contribution in [3.8, 4) is 0 Å². The van der Waals surface area contributed by atoms with E-state index in [4.69, 9.17) is 10.5 Å². The fourth-order valence-corrected chi connectivity index (χ4v) is 2.41. The molecular formula is C14H19N3O2S. The third kappa shape index (κ3) is 4.16. The maximum Gasteiger partial charge on any atom is 0.316 e. The molecule has 0 saturated heterocycles. The van der Waals surface area contributed by atoms with Crippen LogP contribution in [0.2, 0.25) is 0 Å². The minimum absolute atomic E-state index is 0.206. The van der Waals surface area contributed by atoms with Gasteiger partial charge in [-0.3, -0.25) is 4.79 Å². The van der Waals surface area contributed by atoms with Crippen molar-refractivity contribution in [2.75, 3.05) is 11.5 Å². The number of nitrogens with zero attached hydrogens (tertiary/aromatic N) is 1. The van der Waals surface area contributed by atoms with Crippen LogP contribution in [0, 0.1) is 0 Å². The van der Waals surface area contributed by atoms with Crippen LogP contribution in [-0.2, 0) is 15.3 Å². The lowest BCUT2D eigenvalue weighted by Crippen LogP contribution is -2.24. The van der Waals surface area contributed by atoms with Crippen LogP contribution in [0.15, 0.2) is 18.2 Å². The number of H-pyrrole nitrogens is 1. The molecular weight excluding hydrogens is 274 g/mol. The minimum Gasteiger partial charge on any atom is -0.459 e. The van der Waals surface area contributed by atoms with Crippen molar-refractivity contribution < 1.29 is 9.53 Å². The van der Waals surface area contributed by atoms with Crippen molar-refractivity contribution >= 4 is 34.5 Å². The van der Waals surface area contributed by atoms with Gasteiger partial charge < -0.3 is 15.5 Å². The molecule has 0 aliphatic rings. The van der Waals surface area contributed by atoms with Crippen LogP contribution in [0.1, 0.15) is 26.6 Å². The molecule has 0 bridgehead atoms. The smallest absolute Gasteiger partial charge is 0.316 e. The number of hydrogen-bond acceptors (Lipinski definition) is 5. The molecule has 0 aliphatic carbocycles. The number of fused-ring (bicyclic) bond motifs is 1. The highest BCUT2D eigenvalue weighted by Crippen LogP contribution is 2.18. The molecule has 1 aromatic carbocycles. The first-order chi connectivity index (χ1) is 9.33. The first kappa shape index (κ1) is 14.7. The predicted octanol–water partition coefficient (Wildman–Crippen LogP) is 2.72. The quantitative estimate of drug-likeness (QED) is 0.669. The van der Waals surface area contributed by atoms with Crippen LogP contribution in [0.3, 0.4) is 0 Å². The number of aromatic nitrogens is 2. The van der Waals surface area contributed by atoms with Crippen LogP contribution < -0.4 is 5.73 Å². The molecule has 1 heterocycles. The second-order valence-corrected chi connectivity index (χ2v) is 6.52. The Morgan fingerprint density at radius 3 is 2.90 bits per heavy atom. The van der Waals surface area contributed by atoms with Gasteiger partial charge in [0, 0.05) is 5.69 Å². The topological polar surface area (TPSA) is 81.0 Å². The third-order valence-corrected chi connectivity index (χ3v) is 3.35. The number of hydrogen-bond donors (Lipinski definition) is 2. The molecule has 2 rings (SSSR count). The summed E-state index contributed by atoms with van der Waals surface area (Å²) in [4.78, 5) is 19.2. The molecule has 20 heavy (non-hydrogen) atoms. The van der Waals surface area contributed by atoms with Crippen LogP contribution in [0.25, 0.3) is 11.0 Å². The number of rotatable bonds is 4. The van der Waals surface area contributed by atoms with E-state index in [0.717, 1.165) is 16.9 Å². The number of thioether (sulfide) groups is 1. The van der Waals surface area contributed by atoms with Gasteiger partial charge in [0.1, 0.15) is 11.4 Å². The van der Waals surface area contributed by atoms with E-state index in [-0.39, 0.29) is 5.97 Å². The zero-order valence-corrected chi connectivity index (χ0v) is 12.7. The molecule has 3 N–H and O–H groups in total. The molecule has 0 amide bonds. The van der Waals surface area contributed by atoms with E-state index in [0.29, 0.717) is 17.2 Å². The Balaban J connectivity index is 1.88. The summed E-state index contributed by atoms with van der Waals surface area (Å²) in [6, 6.07) is 5.55. The third-order valence-electron chi connectivity index (χ3n) is 2.43. The van der Waals surface area contributed by atoms with E-state index in [1.165, 1.54) is 11.8 Å². The standard InChI is InChI=1S/C14H19N3O2S/c1-14(2,3)19-13(18)8-20-7-12-16-10-5-4-9(15)6-11(10)17-12/h4-6H,7-8,15H2,1-3H3,(H,16,17). The zero-order chi connectivity index (χ0) is 14.8. The minimum atomic E-state index is -0.436. The molecule has 0 saturated carbocycles. The molecule has 5 nitrogen and oxygen atoms in total. The lowest BCUT2D eigenvalue weighted by Gasteiger charge is -2.19. The van der Waals surface area contributed by atoms with E-state index in [1.807, 2.05) is 39.0 Å². The number of aromatic amines is 1. The van der Waals surface area contributed by atoms with E-state index in [2.05, 4.69) is 9.97 Å². The summed E-state index contributed by atoms with van der Waals surface area (Å²) in [6.07, 6.45) is 0. The Labute approximate surface area is 122 Å². The van der Waals surface area contributed by atoms with Crippen molar-refractivity contribution in [2.24, 2.45) is 0 Å².